The zero-order valence-corrected chi connectivity index (χ0v) is 28.0. The average Bonchev–Trinajstić information content (AvgIpc) is 3.80. The van der Waals surface area contributed by atoms with Crippen LogP contribution in [0.25, 0.3) is 0 Å². The molecule has 0 radical (unpaired) electrons. The van der Waals surface area contributed by atoms with Gasteiger partial charge in [0.05, 0.1) is 6.20 Å². The number of imide groups is 1. The largest absolute Gasteiger partial charge is 0.342 e. The summed E-state index contributed by atoms with van der Waals surface area (Å²) in [5, 5.41) is 11.2. The van der Waals surface area contributed by atoms with Crippen molar-refractivity contribution in [3.05, 3.63) is 54.5 Å². The van der Waals surface area contributed by atoms with E-state index in [1.54, 1.807) is 4.90 Å². The van der Waals surface area contributed by atoms with Crippen LogP contribution in [0.3, 0.4) is 0 Å². The highest BCUT2D eigenvalue weighted by molar-refractivity contribution is 6.10. The van der Waals surface area contributed by atoms with Crippen molar-refractivity contribution in [1.29, 1.82) is 0 Å². The molecule has 2 fully saturated rings. The van der Waals surface area contributed by atoms with Crippen LogP contribution >= 0.6 is 0 Å². The highest BCUT2D eigenvalue weighted by Crippen LogP contribution is 2.20. The standard InChI is InChI=1S/C34H46N8O6/c1-21(2)16-25(39-34(48)41-14-10-24(11-15-41)30(44)40-28-19-35-12-13-36-28)31(45)37-26(18-23-8-6-5-7-9-23)32(46)38-27(17-22(3)4)33(47)42-20-29(42)43/h5-9,12-13,19,21-22,24-27H,10-11,14-18,20H2,1-4H3,(H,37,45)(H,38,46)(H,39,48)(H,36,40,44)/t25-,26-,27-,42?/m0/s1. The minimum atomic E-state index is -1.05. The Bertz CT molecular complexity index is 1450. The van der Waals surface area contributed by atoms with E-state index in [0.717, 1.165) is 10.5 Å². The number of piperidine rings is 1. The third kappa shape index (κ3) is 10.6. The molecule has 0 bridgehead atoms. The number of nitrogens with zero attached hydrogens (tertiary/aromatic N) is 4. The smallest absolute Gasteiger partial charge is 0.318 e. The first kappa shape index (κ1) is 36.0. The van der Waals surface area contributed by atoms with Gasteiger partial charge in [0.2, 0.25) is 23.6 Å². The molecular formula is C34H46N8O6. The van der Waals surface area contributed by atoms with Gasteiger partial charge in [0, 0.05) is 37.8 Å². The maximum atomic E-state index is 13.8. The van der Waals surface area contributed by atoms with Crippen LogP contribution < -0.4 is 21.3 Å². The summed E-state index contributed by atoms with van der Waals surface area (Å²) in [6, 6.07) is 5.82. The number of hydrogen-bond donors (Lipinski definition) is 4. The van der Waals surface area contributed by atoms with Crippen molar-refractivity contribution in [2.75, 3.05) is 25.0 Å². The molecule has 2 saturated heterocycles. The van der Waals surface area contributed by atoms with Crippen molar-refractivity contribution in [2.24, 2.45) is 17.8 Å². The van der Waals surface area contributed by atoms with E-state index >= 15 is 0 Å². The SMILES string of the molecule is CC(C)C[C@H](NC(=O)N1CCC(C(=O)Nc2cnccn2)CC1)C(=O)N[C@@H](Cc1ccccc1)C(=O)N[C@@H](CC(C)C)C(=O)N1CC1=O. The van der Waals surface area contributed by atoms with Crippen LogP contribution in [0.1, 0.15) is 58.9 Å². The summed E-state index contributed by atoms with van der Waals surface area (Å²) in [7, 11) is 0. The van der Waals surface area contributed by atoms with Crippen LogP contribution in [-0.2, 0) is 30.4 Å². The Balaban J connectivity index is 1.41. The number of benzene rings is 1. The summed E-state index contributed by atoms with van der Waals surface area (Å²) < 4.78 is 0. The van der Waals surface area contributed by atoms with Crippen molar-refractivity contribution >= 4 is 41.4 Å². The summed E-state index contributed by atoms with van der Waals surface area (Å²) in [5.74, 6) is -1.88. The first-order valence-electron chi connectivity index (χ1n) is 16.5. The molecule has 4 N–H and O–H groups in total. The number of amides is 7. The molecule has 1 aromatic carbocycles. The van der Waals surface area contributed by atoms with Crippen LogP contribution in [0.2, 0.25) is 0 Å². The highest BCUT2D eigenvalue weighted by Gasteiger charge is 2.41. The predicted octanol–water partition coefficient (Wildman–Crippen LogP) is 1.88. The molecule has 2 aliphatic rings. The Kier molecular flexibility index (Phi) is 12.6. The number of rotatable bonds is 14. The molecule has 0 unspecified atom stereocenters. The second-order valence-corrected chi connectivity index (χ2v) is 13.2. The van der Waals surface area contributed by atoms with E-state index in [4.69, 9.17) is 0 Å². The molecule has 48 heavy (non-hydrogen) atoms. The summed E-state index contributed by atoms with van der Waals surface area (Å²) in [4.78, 5) is 88.9. The molecular weight excluding hydrogens is 616 g/mol. The van der Waals surface area contributed by atoms with Crippen LogP contribution in [0.5, 0.6) is 0 Å². The molecule has 0 saturated carbocycles. The van der Waals surface area contributed by atoms with Crippen LogP contribution in [0.15, 0.2) is 48.9 Å². The molecule has 7 amide bonds. The van der Waals surface area contributed by atoms with Gasteiger partial charge in [0.15, 0.2) is 5.82 Å². The van der Waals surface area contributed by atoms with Gasteiger partial charge < -0.3 is 26.2 Å². The number of aromatic nitrogens is 2. The lowest BCUT2D eigenvalue weighted by Crippen LogP contribution is -2.58. The van der Waals surface area contributed by atoms with Gasteiger partial charge in [-0.15, -0.1) is 0 Å². The summed E-state index contributed by atoms with van der Waals surface area (Å²) in [6.07, 6.45) is 6.15. The van der Waals surface area contributed by atoms with Crippen molar-refractivity contribution in [3.8, 4) is 0 Å². The maximum Gasteiger partial charge on any atom is 0.318 e. The van der Waals surface area contributed by atoms with Crippen molar-refractivity contribution in [2.45, 2.75) is 77.9 Å². The Morgan fingerprint density at radius 2 is 1.44 bits per heavy atom. The molecule has 258 valence electrons. The number of carbonyl (C=O) groups is 6. The van der Waals surface area contributed by atoms with Gasteiger partial charge in [-0.2, -0.15) is 0 Å². The van der Waals surface area contributed by atoms with E-state index in [1.165, 1.54) is 18.6 Å². The number of anilines is 1. The summed E-state index contributed by atoms with van der Waals surface area (Å²) in [5.41, 5.74) is 0.793. The molecule has 0 spiro atoms. The summed E-state index contributed by atoms with van der Waals surface area (Å²) in [6.45, 7) is 8.36. The zero-order valence-electron chi connectivity index (χ0n) is 28.0. The average molecular weight is 663 g/mol. The van der Waals surface area contributed by atoms with Crippen LogP contribution in [0, 0.1) is 17.8 Å². The monoisotopic (exact) mass is 662 g/mol. The van der Waals surface area contributed by atoms with Crippen LogP contribution in [0.4, 0.5) is 10.6 Å². The Hall–Kier alpha value is -4.88. The fraction of sp³-hybridized carbons (Fsp3) is 0.529. The van der Waals surface area contributed by atoms with E-state index < -0.39 is 41.9 Å². The molecule has 14 heteroatoms. The first-order valence-corrected chi connectivity index (χ1v) is 16.5. The van der Waals surface area contributed by atoms with Crippen molar-refractivity contribution in [3.63, 3.8) is 0 Å². The first-order chi connectivity index (χ1) is 22.9. The van der Waals surface area contributed by atoms with E-state index in [-0.39, 0.29) is 42.5 Å². The molecule has 3 heterocycles. The van der Waals surface area contributed by atoms with Gasteiger partial charge in [-0.1, -0.05) is 58.0 Å². The minimum absolute atomic E-state index is 0.0256. The van der Waals surface area contributed by atoms with E-state index in [0.29, 0.717) is 44.6 Å². The van der Waals surface area contributed by atoms with E-state index in [9.17, 15) is 28.8 Å². The zero-order chi connectivity index (χ0) is 34.8. The molecule has 2 aromatic rings. The Morgan fingerprint density at radius 3 is 2.02 bits per heavy atom. The number of hydrogen-bond acceptors (Lipinski definition) is 8. The molecule has 2 aliphatic heterocycles. The van der Waals surface area contributed by atoms with Gasteiger partial charge >= 0.3 is 6.03 Å². The van der Waals surface area contributed by atoms with Gasteiger partial charge in [-0.25, -0.2) is 9.78 Å². The third-order valence-corrected chi connectivity index (χ3v) is 8.28. The minimum Gasteiger partial charge on any atom is -0.342 e. The predicted molar refractivity (Wildman–Crippen MR) is 177 cm³/mol. The second-order valence-electron chi connectivity index (χ2n) is 13.2. The highest BCUT2D eigenvalue weighted by atomic mass is 16.2. The third-order valence-electron chi connectivity index (χ3n) is 8.28. The van der Waals surface area contributed by atoms with E-state index in [1.807, 2.05) is 58.0 Å². The molecule has 0 aliphatic carbocycles. The lowest BCUT2D eigenvalue weighted by molar-refractivity contribution is -0.136. The second kappa shape index (κ2) is 16.8. The Labute approximate surface area is 280 Å². The Morgan fingerprint density at radius 1 is 0.833 bits per heavy atom. The summed E-state index contributed by atoms with van der Waals surface area (Å²) >= 11 is 0. The molecule has 3 atom stereocenters. The molecule has 1 aromatic heterocycles. The number of urea groups is 1. The van der Waals surface area contributed by atoms with Gasteiger partial charge in [-0.3, -0.25) is 33.9 Å². The quantitative estimate of drug-likeness (QED) is 0.221. The molecule has 4 rings (SSSR count). The van der Waals surface area contributed by atoms with Crippen molar-refractivity contribution in [1.82, 2.24) is 35.7 Å². The lowest BCUT2D eigenvalue weighted by Gasteiger charge is -2.33. The van der Waals surface area contributed by atoms with Crippen LogP contribution in [-0.4, -0.2) is 93.1 Å². The number of likely N-dealkylation sites (tertiary alicyclic amines) is 1. The van der Waals surface area contributed by atoms with E-state index in [2.05, 4.69) is 31.2 Å². The number of carbonyl (C=O) groups excluding carboxylic acids is 6. The number of nitrogens with one attached hydrogen (secondary N) is 4. The fourth-order valence-electron chi connectivity index (χ4n) is 5.67. The molecule has 14 nitrogen and oxygen atoms in total. The topological polar surface area (TPSA) is 183 Å². The maximum absolute atomic E-state index is 13.8. The van der Waals surface area contributed by atoms with Gasteiger partial charge in [0.25, 0.3) is 5.91 Å². The van der Waals surface area contributed by atoms with Gasteiger partial charge in [-0.05, 0) is 43.1 Å². The van der Waals surface area contributed by atoms with Gasteiger partial charge in [0.1, 0.15) is 24.7 Å². The normalized spacial score (nSPS) is 16.6. The fourth-order valence-corrected chi connectivity index (χ4v) is 5.67. The van der Waals surface area contributed by atoms with Crippen molar-refractivity contribution < 1.29 is 28.8 Å². The lowest BCUT2D eigenvalue weighted by atomic mass is 9.96.